The van der Waals surface area contributed by atoms with Crippen LogP contribution in [0.1, 0.15) is 38.5 Å². The Morgan fingerprint density at radius 1 is 1.00 bits per heavy atom. The molecule has 0 atom stereocenters. The Hall–Kier alpha value is -1.71. The van der Waals surface area contributed by atoms with Gasteiger partial charge in [0.25, 0.3) is 0 Å². The molecule has 4 fully saturated rings. The Bertz CT molecular complexity index is 570. The van der Waals surface area contributed by atoms with Gasteiger partial charge in [-0.05, 0) is 79.9 Å². The molecule has 4 aliphatic carbocycles. The van der Waals surface area contributed by atoms with Crippen LogP contribution in [0.2, 0.25) is 0 Å². The largest absolute Gasteiger partial charge is 0.397 e. The number of carbonyl (C=O) groups is 1. The zero-order chi connectivity index (χ0) is 15.3. The minimum atomic E-state index is 0.127. The first kappa shape index (κ1) is 13.9. The maximum Gasteiger partial charge on any atom is 0.224 e. The minimum Gasteiger partial charge on any atom is -0.397 e. The van der Waals surface area contributed by atoms with E-state index in [1.807, 2.05) is 6.07 Å². The molecule has 4 saturated carbocycles. The normalized spacial score (nSPS) is 35.5. The van der Waals surface area contributed by atoms with Gasteiger partial charge in [0.2, 0.25) is 5.91 Å². The van der Waals surface area contributed by atoms with E-state index < -0.39 is 0 Å². The van der Waals surface area contributed by atoms with Crippen molar-refractivity contribution in [1.82, 2.24) is 0 Å². The van der Waals surface area contributed by atoms with Crippen LogP contribution in [0.5, 0.6) is 0 Å². The lowest BCUT2D eigenvalue weighted by molar-refractivity contribution is -0.121. The summed E-state index contributed by atoms with van der Waals surface area (Å²) >= 11 is 0. The van der Waals surface area contributed by atoms with Gasteiger partial charge in [0, 0.05) is 12.1 Å². The third-order valence-electron chi connectivity index (χ3n) is 6.21. The maximum absolute atomic E-state index is 12.4. The molecule has 5 N–H and O–H groups in total. The molecule has 0 heterocycles. The summed E-state index contributed by atoms with van der Waals surface area (Å²) in [5, 5.41) is 2.99. The summed E-state index contributed by atoms with van der Waals surface area (Å²) in [6, 6.07) is 5.30. The minimum absolute atomic E-state index is 0.127. The lowest BCUT2D eigenvalue weighted by atomic mass is 9.51. The third kappa shape index (κ3) is 2.44. The number of anilines is 3. The monoisotopic (exact) mass is 299 g/mol. The average Bonchev–Trinajstić information content (AvgIpc) is 2.46. The predicted octanol–water partition coefficient (Wildman–Crippen LogP) is 3.25. The van der Waals surface area contributed by atoms with Crippen molar-refractivity contribution in [1.29, 1.82) is 0 Å². The lowest BCUT2D eigenvalue weighted by Crippen LogP contribution is -2.46. The Kier molecular flexibility index (Phi) is 3.28. The lowest BCUT2D eigenvalue weighted by Gasteiger charge is -2.54. The zero-order valence-corrected chi connectivity index (χ0v) is 12.9. The van der Waals surface area contributed by atoms with Gasteiger partial charge < -0.3 is 16.8 Å². The standard InChI is InChI=1S/C18H25N3O/c19-16-2-1-14(8-17(16)20)21-18(22)9-15-12-4-10-3-11(6-12)7-13(15)5-10/h1-2,8,10-13,15H,3-7,9,19-20H2,(H,21,22). The predicted molar refractivity (Wildman–Crippen MR) is 89.0 cm³/mol. The molecule has 5 rings (SSSR count). The van der Waals surface area contributed by atoms with Crippen LogP contribution < -0.4 is 16.8 Å². The number of nitrogens with one attached hydrogen (secondary N) is 1. The van der Waals surface area contributed by atoms with Gasteiger partial charge in [-0.15, -0.1) is 0 Å². The van der Waals surface area contributed by atoms with Crippen LogP contribution in [0.4, 0.5) is 17.1 Å². The van der Waals surface area contributed by atoms with Crippen LogP contribution >= 0.6 is 0 Å². The fourth-order valence-corrected chi connectivity index (χ4v) is 5.45. The first-order valence-electron chi connectivity index (χ1n) is 8.53. The van der Waals surface area contributed by atoms with Gasteiger partial charge in [0.15, 0.2) is 0 Å². The topological polar surface area (TPSA) is 81.1 Å². The molecule has 22 heavy (non-hydrogen) atoms. The second-order valence-corrected chi connectivity index (χ2v) is 7.69. The molecule has 1 aromatic carbocycles. The van der Waals surface area contributed by atoms with E-state index >= 15 is 0 Å². The molecular weight excluding hydrogens is 274 g/mol. The van der Waals surface area contributed by atoms with Crippen molar-refractivity contribution in [3.8, 4) is 0 Å². The number of hydrogen-bond donors (Lipinski definition) is 3. The molecule has 4 nitrogen and oxygen atoms in total. The molecule has 0 aliphatic heterocycles. The van der Waals surface area contributed by atoms with Gasteiger partial charge in [-0.3, -0.25) is 4.79 Å². The molecular formula is C18H25N3O. The highest BCUT2D eigenvalue weighted by atomic mass is 16.1. The van der Waals surface area contributed by atoms with Crippen LogP contribution in [0.3, 0.4) is 0 Å². The summed E-state index contributed by atoms with van der Waals surface area (Å²) in [6.07, 6.45) is 7.56. The number of nitrogen functional groups attached to an aromatic ring is 2. The Balaban J connectivity index is 1.41. The van der Waals surface area contributed by atoms with Crippen LogP contribution in [-0.2, 0) is 4.79 Å². The van der Waals surface area contributed by atoms with Gasteiger partial charge in [-0.25, -0.2) is 0 Å². The SMILES string of the molecule is Nc1ccc(NC(=O)CC2C3CC4CC(C3)CC2C4)cc1N. The highest BCUT2D eigenvalue weighted by Crippen LogP contribution is 2.57. The third-order valence-corrected chi connectivity index (χ3v) is 6.21. The van der Waals surface area contributed by atoms with E-state index in [4.69, 9.17) is 11.5 Å². The highest BCUT2D eigenvalue weighted by Gasteiger charge is 2.48. The number of carbonyl (C=O) groups excluding carboxylic acids is 1. The second kappa shape index (κ2) is 5.18. The van der Waals surface area contributed by atoms with Crippen LogP contribution in [0.25, 0.3) is 0 Å². The fraction of sp³-hybridized carbons (Fsp3) is 0.611. The second-order valence-electron chi connectivity index (χ2n) is 7.69. The van der Waals surface area contributed by atoms with Crippen molar-refractivity contribution in [2.45, 2.75) is 38.5 Å². The van der Waals surface area contributed by atoms with Gasteiger partial charge in [-0.1, -0.05) is 0 Å². The van der Waals surface area contributed by atoms with Gasteiger partial charge in [-0.2, -0.15) is 0 Å². The van der Waals surface area contributed by atoms with Crippen molar-refractivity contribution < 1.29 is 4.79 Å². The van der Waals surface area contributed by atoms with E-state index in [2.05, 4.69) is 5.32 Å². The highest BCUT2D eigenvalue weighted by molar-refractivity contribution is 5.92. The van der Waals surface area contributed by atoms with Crippen molar-refractivity contribution >= 4 is 23.0 Å². The molecule has 1 amide bonds. The van der Waals surface area contributed by atoms with Crippen LogP contribution in [0.15, 0.2) is 18.2 Å². The molecule has 1 aromatic rings. The van der Waals surface area contributed by atoms with Crippen molar-refractivity contribution in [3.63, 3.8) is 0 Å². The molecule has 118 valence electrons. The number of rotatable bonds is 3. The number of amides is 1. The molecule has 4 aliphatic rings. The Labute approximate surface area is 131 Å². The zero-order valence-electron chi connectivity index (χ0n) is 12.9. The maximum atomic E-state index is 12.4. The van der Waals surface area contributed by atoms with E-state index in [1.54, 1.807) is 12.1 Å². The first-order chi connectivity index (χ1) is 10.6. The summed E-state index contributed by atoms with van der Waals surface area (Å²) < 4.78 is 0. The summed E-state index contributed by atoms with van der Waals surface area (Å²) in [5.74, 6) is 4.22. The van der Waals surface area contributed by atoms with Crippen LogP contribution in [-0.4, -0.2) is 5.91 Å². The molecule has 0 unspecified atom stereocenters. The quantitative estimate of drug-likeness (QED) is 0.749. The van der Waals surface area contributed by atoms with E-state index in [0.29, 0.717) is 23.7 Å². The van der Waals surface area contributed by atoms with Crippen molar-refractivity contribution in [2.75, 3.05) is 16.8 Å². The van der Waals surface area contributed by atoms with Gasteiger partial charge in [0.05, 0.1) is 11.4 Å². The number of benzene rings is 1. The van der Waals surface area contributed by atoms with Gasteiger partial charge >= 0.3 is 0 Å². The molecule has 4 bridgehead atoms. The van der Waals surface area contributed by atoms with E-state index in [1.165, 1.54) is 32.1 Å². The van der Waals surface area contributed by atoms with Gasteiger partial charge in [0.1, 0.15) is 0 Å². The smallest absolute Gasteiger partial charge is 0.224 e. The summed E-state index contributed by atoms with van der Waals surface area (Å²) in [6.45, 7) is 0. The average molecular weight is 299 g/mol. The number of nitrogens with two attached hydrogens (primary N) is 2. The van der Waals surface area contributed by atoms with E-state index in [9.17, 15) is 4.79 Å². The Morgan fingerprint density at radius 3 is 2.23 bits per heavy atom. The first-order valence-corrected chi connectivity index (χ1v) is 8.53. The summed E-state index contributed by atoms with van der Waals surface area (Å²) in [5.41, 5.74) is 13.3. The van der Waals surface area contributed by atoms with Crippen LogP contribution in [0, 0.1) is 29.6 Å². The molecule has 0 radical (unpaired) electrons. The molecule has 0 saturated heterocycles. The van der Waals surface area contributed by atoms with E-state index in [-0.39, 0.29) is 5.91 Å². The summed E-state index contributed by atoms with van der Waals surface area (Å²) in [7, 11) is 0. The van der Waals surface area contributed by atoms with Crippen molar-refractivity contribution in [2.24, 2.45) is 29.6 Å². The fourth-order valence-electron chi connectivity index (χ4n) is 5.45. The van der Waals surface area contributed by atoms with Crippen molar-refractivity contribution in [3.05, 3.63) is 18.2 Å². The Morgan fingerprint density at radius 2 is 1.64 bits per heavy atom. The molecule has 0 spiro atoms. The summed E-state index contributed by atoms with van der Waals surface area (Å²) in [4.78, 5) is 12.4. The molecule has 4 heteroatoms. The molecule has 0 aromatic heterocycles. The van der Waals surface area contributed by atoms with E-state index in [0.717, 1.165) is 29.4 Å². The number of hydrogen-bond acceptors (Lipinski definition) is 3.